The van der Waals surface area contributed by atoms with Crippen molar-refractivity contribution in [2.75, 3.05) is 13.1 Å². The highest BCUT2D eigenvalue weighted by molar-refractivity contribution is 5.59. The number of carbonyl (C=O) groups is 1. The fraction of sp³-hybridized carbons (Fsp3) is 0.500. The Kier molecular flexibility index (Phi) is 2.85. The second-order valence-corrected chi connectivity index (χ2v) is 4.98. The zero-order valence-corrected chi connectivity index (χ0v) is 9.79. The highest BCUT2D eigenvalue weighted by atomic mass is 16.5. The Morgan fingerprint density at radius 1 is 1.29 bits per heavy atom. The number of rotatable bonds is 3. The Balaban J connectivity index is 1.75. The first-order valence-electron chi connectivity index (χ1n) is 6.28. The maximum Gasteiger partial charge on any atom is 0.140 e. The zero-order chi connectivity index (χ0) is 11.7. The lowest BCUT2D eigenvalue weighted by atomic mass is 9.94. The Morgan fingerprint density at radius 3 is 2.88 bits per heavy atom. The third kappa shape index (κ3) is 2.07. The van der Waals surface area contributed by atoms with E-state index in [-0.39, 0.29) is 12.1 Å². The molecule has 2 bridgehead atoms. The molecule has 0 amide bonds. The molecule has 2 saturated heterocycles. The molecule has 4 unspecified atom stereocenters. The van der Waals surface area contributed by atoms with E-state index in [9.17, 15) is 4.79 Å². The first kappa shape index (κ1) is 10.8. The van der Waals surface area contributed by atoms with Crippen molar-refractivity contribution in [1.82, 2.24) is 4.90 Å². The van der Waals surface area contributed by atoms with Gasteiger partial charge in [-0.3, -0.25) is 4.90 Å². The van der Waals surface area contributed by atoms with Crippen LogP contribution in [0.1, 0.15) is 12.8 Å². The standard InChI is InChI=1S/C14H17NO2/c16-10-13-14(8-11-6-7-15(13)9-11)17-12-4-2-1-3-5-12/h1-5,10-11,13-14H,6-9H2. The van der Waals surface area contributed by atoms with Gasteiger partial charge in [-0.1, -0.05) is 18.2 Å². The largest absolute Gasteiger partial charge is 0.488 e. The fourth-order valence-corrected chi connectivity index (χ4v) is 2.99. The van der Waals surface area contributed by atoms with Crippen LogP contribution < -0.4 is 4.74 Å². The van der Waals surface area contributed by atoms with Crippen molar-refractivity contribution < 1.29 is 9.53 Å². The minimum absolute atomic E-state index is 0.0242. The second-order valence-electron chi connectivity index (χ2n) is 4.98. The van der Waals surface area contributed by atoms with Gasteiger partial charge in [-0.25, -0.2) is 0 Å². The molecule has 3 nitrogen and oxygen atoms in total. The Labute approximate surface area is 101 Å². The number of carbonyl (C=O) groups excluding carboxylic acids is 1. The van der Waals surface area contributed by atoms with Gasteiger partial charge in [0.2, 0.25) is 0 Å². The summed E-state index contributed by atoms with van der Waals surface area (Å²) < 4.78 is 5.97. The Morgan fingerprint density at radius 2 is 2.12 bits per heavy atom. The molecule has 2 fully saturated rings. The molecule has 3 rings (SSSR count). The van der Waals surface area contributed by atoms with Gasteiger partial charge in [0.25, 0.3) is 0 Å². The molecule has 0 aromatic heterocycles. The van der Waals surface area contributed by atoms with E-state index in [1.165, 1.54) is 6.42 Å². The van der Waals surface area contributed by atoms with Crippen LogP contribution in [0.5, 0.6) is 5.75 Å². The van der Waals surface area contributed by atoms with Gasteiger partial charge in [0.1, 0.15) is 24.2 Å². The molecule has 2 aliphatic rings. The topological polar surface area (TPSA) is 29.5 Å². The Bertz CT molecular complexity index is 392. The van der Waals surface area contributed by atoms with E-state index in [0.29, 0.717) is 5.92 Å². The summed E-state index contributed by atoms with van der Waals surface area (Å²) >= 11 is 0. The molecular weight excluding hydrogens is 214 g/mol. The van der Waals surface area contributed by atoms with E-state index in [1.54, 1.807) is 0 Å². The molecule has 2 heterocycles. The molecule has 3 heteroatoms. The lowest BCUT2D eigenvalue weighted by Gasteiger charge is -2.35. The molecule has 1 aromatic rings. The predicted molar refractivity (Wildman–Crippen MR) is 65.0 cm³/mol. The van der Waals surface area contributed by atoms with Gasteiger partial charge in [0.15, 0.2) is 0 Å². The highest BCUT2D eigenvalue weighted by Crippen LogP contribution is 2.32. The van der Waals surface area contributed by atoms with Crippen molar-refractivity contribution in [2.45, 2.75) is 25.0 Å². The predicted octanol–water partition coefficient (Wildman–Crippen LogP) is 1.73. The lowest BCUT2D eigenvalue weighted by molar-refractivity contribution is -0.116. The maximum absolute atomic E-state index is 11.2. The van der Waals surface area contributed by atoms with Crippen LogP contribution in [0.25, 0.3) is 0 Å². The molecule has 0 N–H and O–H groups in total. The third-order valence-corrected chi connectivity index (χ3v) is 3.86. The van der Waals surface area contributed by atoms with Gasteiger partial charge >= 0.3 is 0 Å². The number of fused-ring (bicyclic) bond motifs is 2. The zero-order valence-electron chi connectivity index (χ0n) is 9.79. The van der Waals surface area contributed by atoms with Crippen LogP contribution >= 0.6 is 0 Å². The van der Waals surface area contributed by atoms with Crippen LogP contribution in [-0.4, -0.2) is 36.4 Å². The van der Waals surface area contributed by atoms with Crippen LogP contribution in [0.4, 0.5) is 0 Å². The highest BCUT2D eigenvalue weighted by Gasteiger charge is 2.41. The first-order valence-corrected chi connectivity index (χ1v) is 6.28. The van der Waals surface area contributed by atoms with Crippen molar-refractivity contribution in [1.29, 1.82) is 0 Å². The van der Waals surface area contributed by atoms with E-state index >= 15 is 0 Å². The molecule has 0 aliphatic carbocycles. The van der Waals surface area contributed by atoms with E-state index in [4.69, 9.17) is 4.74 Å². The average molecular weight is 231 g/mol. The molecule has 1 aromatic carbocycles. The maximum atomic E-state index is 11.2. The summed E-state index contributed by atoms with van der Waals surface area (Å²) in [5.74, 6) is 1.58. The summed E-state index contributed by atoms with van der Waals surface area (Å²) in [6, 6.07) is 9.74. The van der Waals surface area contributed by atoms with Crippen LogP contribution in [0, 0.1) is 5.92 Å². The fourth-order valence-electron chi connectivity index (χ4n) is 2.99. The molecule has 0 saturated carbocycles. The minimum Gasteiger partial charge on any atom is -0.488 e. The van der Waals surface area contributed by atoms with Gasteiger partial charge in [-0.05, 0) is 37.4 Å². The van der Waals surface area contributed by atoms with Crippen molar-refractivity contribution in [3.05, 3.63) is 30.3 Å². The molecule has 2 aliphatic heterocycles. The number of benzene rings is 1. The van der Waals surface area contributed by atoms with Gasteiger partial charge in [0.05, 0.1) is 0 Å². The number of nitrogens with zero attached hydrogens (tertiary/aromatic N) is 1. The number of hydrogen-bond donors (Lipinski definition) is 0. The summed E-state index contributed by atoms with van der Waals surface area (Å²) in [5.41, 5.74) is 0. The quantitative estimate of drug-likeness (QED) is 0.742. The van der Waals surface area contributed by atoms with Crippen molar-refractivity contribution >= 4 is 6.29 Å². The molecule has 0 radical (unpaired) electrons. The monoisotopic (exact) mass is 231 g/mol. The minimum atomic E-state index is -0.0612. The van der Waals surface area contributed by atoms with Crippen LogP contribution in [0.15, 0.2) is 30.3 Å². The Hall–Kier alpha value is -1.35. The van der Waals surface area contributed by atoms with E-state index < -0.39 is 0 Å². The molecule has 4 atom stereocenters. The summed E-state index contributed by atoms with van der Waals surface area (Å²) in [6.45, 7) is 2.11. The van der Waals surface area contributed by atoms with Gasteiger partial charge in [-0.2, -0.15) is 0 Å². The summed E-state index contributed by atoms with van der Waals surface area (Å²) in [7, 11) is 0. The van der Waals surface area contributed by atoms with Crippen molar-refractivity contribution in [2.24, 2.45) is 5.92 Å². The van der Waals surface area contributed by atoms with Gasteiger partial charge in [0, 0.05) is 6.54 Å². The number of aldehydes is 1. The summed E-state index contributed by atoms with van der Waals surface area (Å²) in [6.07, 6.45) is 3.29. The van der Waals surface area contributed by atoms with E-state index in [2.05, 4.69) is 4.90 Å². The summed E-state index contributed by atoms with van der Waals surface area (Å²) in [4.78, 5) is 13.5. The van der Waals surface area contributed by atoms with Crippen LogP contribution in [0.2, 0.25) is 0 Å². The summed E-state index contributed by atoms with van der Waals surface area (Å²) in [5, 5.41) is 0. The number of ether oxygens (including phenoxy) is 1. The van der Waals surface area contributed by atoms with E-state index in [1.807, 2.05) is 30.3 Å². The van der Waals surface area contributed by atoms with E-state index in [0.717, 1.165) is 31.5 Å². The molecule has 90 valence electrons. The van der Waals surface area contributed by atoms with Crippen LogP contribution in [-0.2, 0) is 4.79 Å². The second kappa shape index (κ2) is 4.49. The number of hydrogen-bond acceptors (Lipinski definition) is 3. The van der Waals surface area contributed by atoms with Gasteiger partial charge < -0.3 is 9.53 Å². The van der Waals surface area contributed by atoms with Gasteiger partial charge in [-0.15, -0.1) is 0 Å². The molecule has 17 heavy (non-hydrogen) atoms. The van der Waals surface area contributed by atoms with Crippen LogP contribution in [0.3, 0.4) is 0 Å². The van der Waals surface area contributed by atoms with Crippen molar-refractivity contribution in [3.63, 3.8) is 0 Å². The number of piperidine rings is 1. The normalized spacial score (nSPS) is 35.5. The smallest absolute Gasteiger partial charge is 0.140 e. The molecule has 0 spiro atoms. The lowest BCUT2D eigenvalue weighted by Crippen LogP contribution is -2.50. The van der Waals surface area contributed by atoms with Crippen molar-refractivity contribution in [3.8, 4) is 5.75 Å². The first-order chi connectivity index (χ1) is 8.36. The third-order valence-electron chi connectivity index (χ3n) is 3.86. The average Bonchev–Trinajstić information content (AvgIpc) is 2.74. The number of para-hydroxylation sites is 1. The molecular formula is C14H17NO2. The SMILES string of the molecule is O=CC1C(Oc2ccccc2)CC2CCN1C2.